The summed E-state index contributed by atoms with van der Waals surface area (Å²) in [6, 6.07) is 11.6. The van der Waals surface area contributed by atoms with E-state index in [1.807, 2.05) is 42.6 Å². The van der Waals surface area contributed by atoms with Gasteiger partial charge in [0.05, 0.1) is 17.6 Å². The molecule has 38 heavy (non-hydrogen) atoms. The Hall–Kier alpha value is -3.27. The highest BCUT2D eigenvalue weighted by molar-refractivity contribution is 6.31. The summed E-state index contributed by atoms with van der Waals surface area (Å²) in [6.45, 7) is 9.76. The number of hydrogen-bond donors (Lipinski definition) is 3. The van der Waals surface area contributed by atoms with E-state index in [0.29, 0.717) is 29.2 Å². The molecule has 0 amide bonds. The summed E-state index contributed by atoms with van der Waals surface area (Å²) in [4.78, 5) is 16.7. The van der Waals surface area contributed by atoms with E-state index in [1.165, 1.54) is 0 Å². The van der Waals surface area contributed by atoms with Crippen LogP contribution in [-0.2, 0) is 12.1 Å². The zero-order chi connectivity index (χ0) is 27.0. The van der Waals surface area contributed by atoms with Gasteiger partial charge in [-0.1, -0.05) is 43.6 Å². The second kappa shape index (κ2) is 10.5. The second-order valence-electron chi connectivity index (χ2n) is 10.7. The fraction of sp³-hybridized carbons (Fsp3) is 0.429. The van der Waals surface area contributed by atoms with Crippen LogP contribution >= 0.6 is 11.6 Å². The fourth-order valence-electron chi connectivity index (χ4n) is 4.72. The number of aromatic nitrogens is 5. The summed E-state index contributed by atoms with van der Waals surface area (Å²) in [6.07, 6.45) is 3.68. The highest BCUT2D eigenvalue weighted by atomic mass is 35.5. The lowest BCUT2D eigenvalue weighted by Crippen LogP contribution is -2.40. The molecule has 4 heterocycles. The first kappa shape index (κ1) is 26.3. The van der Waals surface area contributed by atoms with Crippen molar-refractivity contribution < 1.29 is 5.11 Å². The van der Waals surface area contributed by atoms with Gasteiger partial charge in [0.2, 0.25) is 11.9 Å². The van der Waals surface area contributed by atoms with Gasteiger partial charge in [-0.05, 0) is 56.4 Å². The number of halogens is 1. The van der Waals surface area contributed by atoms with Crippen LogP contribution in [0.5, 0.6) is 0 Å². The Kier molecular flexibility index (Phi) is 7.26. The Morgan fingerprint density at radius 3 is 2.55 bits per heavy atom. The van der Waals surface area contributed by atoms with E-state index in [0.717, 1.165) is 54.0 Å². The number of fused-ring (bicyclic) bond motifs is 1. The van der Waals surface area contributed by atoms with E-state index in [2.05, 4.69) is 29.2 Å². The number of piperidine rings is 1. The summed E-state index contributed by atoms with van der Waals surface area (Å²) < 4.78 is 1.76. The van der Waals surface area contributed by atoms with Gasteiger partial charge in [0.25, 0.3) is 0 Å². The summed E-state index contributed by atoms with van der Waals surface area (Å²) in [5.41, 5.74) is 10.0. The maximum atomic E-state index is 10.5. The van der Waals surface area contributed by atoms with Gasteiger partial charge in [-0.2, -0.15) is 19.6 Å². The summed E-state index contributed by atoms with van der Waals surface area (Å²) in [7, 11) is 0. The van der Waals surface area contributed by atoms with Crippen molar-refractivity contribution in [2.45, 2.75) is 64.6 Å². The van der Waals surface area contributed by atoms with E-state index in [9.17, 15) is 5.11 Å². The van der Waals surface area contributed by atoms with E-state index < -0.39 is 5.60 Å². The molecule has 0 aliphatic carbocycles. The Balaban J connectivity index is 1.52. The van der Waals surface area contributed by atoms with Crippen LogP contribution < -0.4 is 16.0 Å². The largest absolute Gasteiger partial charge is 0.384 e. The molecular formula is C28H35ClN8O. The average molecular weight is 535 g/mol. The van der Waals surface area contributed by atoms with Crippen molar-refractivity contribution >= 4 is 29.1 Å². The van der Waals surface area contributed by atoms with Gasteiger partial charge in [-0.15, -0.1) is 0 Å². The van der Waals surface area contributed by atoms with E-state index in [1.54, 1.807) is 18.4 Å². The predicted octanol–water partition coefficient (Wildman–Crippen LogP) is 4.73. The van der Waals surface area contributed by atoms with E-state index in [4.69, 9.17) is 32.3 Å². The van der Waals surface area contributed by atoms with Gasteiger partial charge < -0.3 is 21.1 Å². The van der Waals surface area contributed by atoms with Crippen LogP contribution in [0.2, 0.25) is 5.02 Å². The number of nitrogens with one attached hydrogen (secondary N) is 1. The van der Waals surface area contributed by atoms with Crippen LogP contribution in [0.25, 0.3) is 16.9 Å². The first-order valence-electron chi connectivity index (χ1n) is 13.1. The lowest BCUT2D eigenvalue weighted by Gasteiger charge is -2.30. The Morgan fingerprint density at radius 2 is 1.84 bits per heavy atom. The van der Waals surface area contributed by atoms with Crippen molar-refractivity contribution in [3.63, 3.8) is 0 Å². The molecule has 0 spiro atoms. The molecule has 1 aliphatic rings. The third-order valence-electron chi connectivity index (χ3n) is 7.02. The third kappa shape index (κ3) is 5.32. The fourth-order valence-corrected chi connectivity index (χ4v) is 4.96. The predicted molar refractivity (Wildman–Crippen MR) is 152 cm³/mol. The zero-order valence-electron chi connectivity index (χ0n) is 22.3. The molecule has 1 aromatic carbocycles. The molecule has 200 valence electrons. The maximum Gasteiger partial charge on any atom is 0.230 e. The van der Waals surface area contributed by atoms with Crippen LogP contribution in [0, 0.1) is 0 Å². The molecule has 0 atom stereocenters. The minimum absolute atomic E-state index is 0.218. The van der Waals surface area contributed by atoms with Gasteiger partial charge in [0.15, 0.2) is 5.65 Å². The van der Waals surface area contributed by atoms with Crippen molar-refractivity contribution in [1.82, 2.24) is 24.6 Å². The zero-order valence-corrected chi connectivity index (χ0v) is 23.1. The molecule has 4 N–H and O–H groups in total. The molecule has 1 fully saturated rings. The molecule has 0 bridgehead atoms. The molecular weight excluding hydrogens is 500 g/mol. The monoisotopic (exact) mass is 534 g/mol. The quantitative estimate of drug-likeness (QED) is 0.311. The van der Waals surface area contributed by atoms with E-state index in [-0.39, 0.29) is 12.0 Å². The van der Waals surface area contributed by atoms with Gasteiger partial charge in [-0.3, -0.25) is 0 Å². The van der Waals surface area contributed by atoms with Crippen LogP contribution in [0.15, 0.2) is 42.6 Å². The highest BCUT2D eigenvalue weighted by Crippen LogP contribution is 2.31. The number of anilines is 2. The SMILES string of the molecule is CC(C)c1cnn2c(NCc3c(Cl)cccc3-c3cccc(C(C)(C)O)n3)nc(N3CCC(N)CC3)nc12. The topological polar surface area (TPSA) is 117 Å². The molecule has 5 rings (SSSR count). The number of pyridine rings is 1. The Morgan fingerprint density at radius 1 is 1.11 bits per heavy atom. The first-order valence-corrected chi connectivity index (χ1v) is 13.5. The summed E-state index contributed by atoms with van der Waals surface area (Å²) in [5, 5.41) is 19.2. The van der Waals surface area contributed by atoms with Crippen LogP contribution in [-0.4, -0.2) is 48.8 Å². The van der Waals surface area contributed by atoms with Crippen LogP contribution in [0.4, 0.5) is 11.9 Å². The third-order valence-corrected chi connectivity index (χ3v) is 7.38. The van der Waals surface area contributed by atoms with Gasteiger partial charge in [0.1, 0.15) is 5.60 Å². The molecule has 0 unspecified atom stereocenters. The standard InChI is InChI=1S/C28H35ClN8O/c1-17(2)20-16-32-37-25(20)34-27(36-13-11-18(30)12-14-36)35-26(37)31-15-21-19(7-5-8-22(21)29)23-9-6-10-24(33-23)28(3,4)38/h5-10,16-18,38H,11-15,30H2,1-4H3,(H,31,34,35). The maximum absolute atomic E-state index is 10.5. The molecule has 0 saturated carbocycles. The van der Waals surface area contributed by atoms with Gasteiger partial charge in [-0.25, -0.2) is 4.98 Å². The highest BCUT2D eigenvalue weighted by Gasteiger charge is 2.23. The van der Waals surface area contributed by atoms with Crippen molar-refractivity contribution in [2.75, 3.05) is 23.3 Å². The van der Waals surface area contributed by atoms with Crippen LogP contribution in [0.1, 0.15) is 63.3 Å². The Labute approximate surface area is 228 Å². The number of rotatable bonds is 7. The van der Waals surface area contributed by atoms with Gasteiger partial charge >= 0.3 is 0 Å². The number of hydrogen-bond acceptors (Lipinski definition) is 8. The van der Waals surface area contributed by atoms with Crippen molar-refractivity contribution in [2.24, 2.45) is 5.73 Å². The number of nitrogens with zero attached hydrogens (tertiary/aromatic N) is 6. The lowest BCUT2D eigenvalue weighted by atomic mass is 10.0. The summed E-state index contributed by atoms with van der Waals surface area (Å²) in [5.74, 6) is 1.53. The molecule has 10 heteroatoms. The lowest BCUT2D eigenvalue weighted by molar-refractivity contribution is 0.0740. The smallest absolute Gasteiger partial charge is 0.230 e. The molecule has 1 saturated heterocycles. The molecule has 4 aromatic rings. The molecule has 9 nitrogen and oxygen atoms in total. The number of nitrogens with two attached hydrogens (primary N) is 1. The summed E-state index contributed by atoms with van der Waals surface area (Å²) >= 11 is 6.71. The number of aliphatic hydroxyl groups is 1. The van der Waals surface area contributed by atoms with Gasteiger partial charge in [0, 0.05) is 41.8 Å². The second-order valence-corrected chi connectivity index (χ2v) is 11.2. The average Bonchev–Trinajstić information content (AvgIpc) is 3.32. The van der Waals surface area contributed by atoms with E-state index >= 15 is 0 Å². The minimum Gasteiger partial charge on any atom is -0.384 e. The van der Waals surface area contributed by atoms with Crippen molar-refractivity contribution in [1.29, 1.82) is 0 Å². The number of benzene rings is 1. The Bertz CT molecular complexity index is 1440. The molecule has 1 aliphatic heterocycles. The molecule has 0 radical (unpaired) electrons. The van der Waals surface area contributed by atoms with Crippen molar-refractivity contribution in [3.8, 4) is 11.3 Å². The van der Waals surface area contributed by atoms with Crippen molar-refractivity contribution in [3.05, 3.63) is 64.4 Å². The normalized spacial score (nSPS) is 15.0. The minimum atomic E-state index is -1.05. The first-order chi connectivity index (χ1) is 18.1. The molecule has 3 aromatic heterocycles. The van der Waals surface area contributed by atoms with Crippen LogP contribution in [0.3, 0.4) is 0 Å².